The maximum atomic E-state index is 13.6. The van der Waals surface area contributed by atoms with Gasteiger partial charge in [0.2, 0.25) is 11.8 Å². The number of anilines is 1. The molecule has 1 aliphatic heterocycles. The standard InChI is InChI=1S/C32H37F2N5O4/c1-21-17-27(39(42)43)18-22(2)31(21)36-30(40)20-38-16-15-37(19-29(38)32(41)35-3)14-4-5-28(23-6-10-25(33)11-7-23)24-8-12-26(34)13-9-24/h6-13,17-18,28-29H,4-5,14-16,19-20H2,1-3H3,(H,35,41)(H,36,40). The second kappa shape index (κ2) is 14.3. The lowest BCUT2D eigenvalue weighted by Crippen LogP contribution is -2.60. The summed E-state index contributed by atoms with van der Waals surface area (Å²) in [6, 6.07) is 15.1. The summed E-state index contributed by atoms with van der Waals surface area (Å²) < 4.78 is 27.2. The zero-order valence-corrected chi connectivity index (χ0v) is 24.6. The van der Waals surface area contributed by atoms with E-state index in [4.69, 9.17) is 0 Å². The zero-order valence-electron chi connectivity index (χ0n) is 24.6. The van der Waals surface area contributed by atoms with Crippen LogP contribution in [0.4, 0.5) is 20.2 Å². The van der Waals surface area contributed by atoms with Crippen molar-refractivity contribution in [3.8, 4) is 0 Å². The van der Waals surface area contributed by atoms with Gasteiger partial charge in [0, 0.05) is 50.4 Å². The van der Waals surface area contributed by atoms with Gasteiger partial charge < -0.3 is 10.6 Å². The van der Waals surface area contributed by atoms with Gasteiger partial charge in [0.25, 0.3) is 5.69 Å². The molecule has 9 nitrogen and oxygen atoms in total. The Bertz CT molecular complexity index is 1380. The Morgan fingerprint density at radius 1 is 0.977 bits per heavy atom. The van der Waals surface area contributed by atoms with Crippen LogP contribution in [0, 0.1) is 35.6 Å². The molecule has 1 fully saturated rings. The largest absolute Gasteiger partial charge is 0.358 e. The maximum Gasteiger partial charge on any atom is 0.270 e. The van der Waals surface area contributed by atoms with Crippen molar-refractivity contribution in [1.82, 2.24) is 15.1 Å². The highest BCUT2D eigenvalue weighted by Gasteiger charge is 2.33. The molecule has 1 atom stereocenters. The third-order valence-corrected chi connectivity index (χ3v) is 7.98. The van der Waals surface area contributed by atoms with E-state index in [9.17, 15) is 28.5 Å². The maximum absolute atomic E-state index is 13.6. The fourth-order valence-corrected chi connectivity index (χ4v) is 5.73. The van der Waals surface area contributed by atoms with Gasteiger partial charge in [-0.3, -0.25) is 29.5 Å². The zero-order chi connectivity index (χ0) is 31.1. The molecule has 1 saturated heterocycles. The molecule has 0 saturated carbocycles. The Hall–Kier alpha value is -4.22. The Morgan fingerprint density at radius 2 is 1.53 bits per heavy atom. The minimum atomic E-state index is -0.534. The van der Waals surface area contributed by atoms with Crippen LogP contribution >= 0.6 is 0 Å². The number of hydrogen-bond acceptors (Lipinski definition) is 6. The molecule has 2 N–H and O–H groups in total. The van der Waals surface area contributed by atoms with Crippen LogP contribution in [0.2, 0.25) is 0 Å². The number of amides is 2. The van der Waals surface area contributed by atoms with Crippen LogP contribution in [0.15, 0.2) is 60.7 Å². The number of hydrogen-bond donors (Lipinski definition) is 2. The summed E-state index contributed by atoms with van der Waals surface area (Å²) in [4.78, 5) is 40.6. The molecular formula is C32H37F2N5O4. The predicted octanol–water partition coefficient (Wildman–Crippen LogP) is 4.77. The van der Waals surface area contributed by atoms with Crippen molar-refractivity contribution < 1.29 is 23.3 Å². The Labute approximate surface area is 250 Å². The summed E-state index contributed by atoms with van der Waals surface area (Å²) in [5.41, 5.74) is 3.57. The highest BCUT2D eigenvalue weighted by Crippen LogP contribution is 2.30. The molecule has 0 bridgehead atoms. The molecule has 0 aliphatic carbocycles. The Balaban J connectivity index is 1.38. The van der Waals surface area contributed by atoms with Crippen molar-refractivity contribution >= 4 is 23.2 Å². The smallest absolute Gasteiger partial charge is 0.270 e. The number of nitro groups is 1. The molecule has 2 amide bonds. The number of rotatable bonds is 11. The average molecular weight is 594 g/mol. The van der Waals surface area contributed by atoms with Crippen molar-refractivity contribution in [2.45, 2.75) is 38.6 Å². The first-order valence-electron chi connectivity index (χ1n) is 14.3. The molecule has 11 heteroatoms. The van der Waals surface area contributed by atoms with E-state index in [1.165, 1.54) is 36.4 Å². The first-order chi connectivity index (χ1) is 20.5. The second-order valence-electron chi connectivity index (χ2n) is 11.0. The Kier molecular flexibility index (Phi) is 10.5. The van der Waals surface area contributed by atoms with Crippen LogP contribution in [-0.4, -0.2) is 72.4 Å². The normalized spacial score (nSPS) is 15.8. The van der Waals surface area contributed by atoms with Crippen LogP contribution in [0.25, 0.3) is 0 Å². The van der Waals surface area contributed by atoms with E-state index in [1.54, 1.807) is 45.2 Å². The van der Waals surface area contributed by atoms with E-state index < -0.39 is 11.0 Å². The van der Waals surface area contributed by atoms with Crippen LogP contribution in [0.5, 0.6) is 0 Å². The molecule has 4 rings (SSSR count). The number of non-ortho nitro benzene ring substituents is 1. The van der Waals surface area contributed by atoms with E-state index in [1.807, 2.05) is 4.90 Å². The molecule has 43 heavy (non-hydrogen) atoms. The molecule has 1 heterocycles. The van der Waals surface area contributed by atoms with Gasteiger partial charge in [-0.1, -0.05) is 24.3 Å². The van der Waals surface area contributed by atoms with Gasteiger partial charge in [0.15, 0.2) is 0 Å². The highest BCUT2D eigenvalue weighted by molar-refractivity contribution is 5.94. The monoisotopic (exact) mass is 593 g/mol. The van der Waals surface area contributed by atoms with Crippen LogP contribution < -0.4 is 10.6 Å². The average Bonchev–Trinajstić information content (AvgIpc) is 2.98. The number of carbonyl (C=O) groups is 2. The predicted molar refractivity (Wildman–Crippen MR) is 161 cm³/mol. The summed E-state index contributed by atoms with van der Waals surface area (Å²) >= 11 is 0. The number of benzene rings is 3. The van der Waals surface area contributed by atoms with Crippen LogP contribution in [-0.2, 0) is 9.59 Å². The fraction of sp³-hybridized carbons (Fsp3) is 0.375. The number of nitro benzene ring substituents is 1. The van der Waals surface area contributed by atoms with Crippen molar-refractivity contribution in [3.05, 3.63) is 105 Å². The van der Waals surface area contributed by atoms with E-state index in [-0.39, 0.29) is 41.6 Å². The van der Waals surface area contributed by atoms with Crippen molar-refractivity contribution in [2.24, 2.45) is 0 Å². The number of piperazine rings is 1. The van der Waals surface area contributed by atoms with E-state index in [0.29, 0.717) is 43.0 Å². The fourth-order valence-electron chi connectivity index (χ4n) is 5.73. The number of carbonyl (C=O) groups excluding carboxylic acids is 2. The van der Waals surface area contributed by atoms with Gasteiger partial charge in [-0.15, -0.1) is 0 Å². The van der Waals surface area contributed by atoms with E-state index in [2.05, 4.69) is 15.5 Å². The topological polar surface area (TPSA) is 108 Å². The Morgan fingerprint density at radius 3 is 2.05 bits per heavy atom. The highest BCUT2D eigenvalue weighted by atomic mass is 19.1. The summed E-state index contributed by atoms with van der Waals surface area (Å²) in [5, 5.41) is 16.7. The lowest BCUT2D eigenvalue weighted by Gasteiger charge is -2.40. The minimum Gasteiger partial charge on any atom is -0.358 e. The number of aryl methyl sites for hydroxylation is 2. The van der Waals surface area contributed by atoms with Crippen LogP contribution in [0.1, 0.15) is 41.0 Å². The van der Waals surface area contributed by atoms with Crippen molar-refractivity contribution in [3.63, 3.8) is 0 Å². The van der Waals surface area contributed by atoms with Gasteiger partial charge in [-0.2, -0.15) is 0 Å². The molecule has 1 unspecified atom stereocenters. The molecule has 0 aromatic heterocycles. The third-order valence-electron chi connectivity index (χ3n) is 7.98. The second-order valence-corrected chi connectivity index (χ2v) is 11.0. The summed E-state index contributed by atoms with van der Waals surface area (Å²) in [6.07, 6.45) is 1.54. The summed E-state index contributed by atoms with van der Waals surface area (Å²) in [7, 11) is 1.57. The summed E-state index contributed by atoms with van der Waals surface area (Å²) in [5.74, 6) is -1.15. The van der Waals surface area contributed by atoms with Crippen LogP contribution in [0.3, 0.4) is 0 Å². The third kappa shape index (κ3) is 8.20. The van der Waals surface area contributed by atoms with E-state index >= 15 is 0 Å². The minimum absolute atomic E-state index is 0.000990. The SMILES string of the molecule is CNC(=O)C1CN(CCCC(c2ccc(F)cc2)c2ccc(F)cc2)CCN1CC(=O)Nc1c(C)cc([N+](=O)[O-])cc1C. The summed E-state index contributed by atoms with van der Waals surface area (Å²) in [6.45, 7) is 5.74. The molecule has 3 aromatic carbocycles. The van der Waals surface area contributed by atoms with E-state index in [0.717, 1.165) is 24.0 Å². The van der Waals surface area contributed by atoms with Crippen molar-refractivity contribution in [1.29, 1.82) is 0 Å². The van der Waals surface area contributed by atoms with Gasteiger partial charge in [-0.25, -0.2) is 8.78 Å². The molecule has 1 aliphatic rings. The van der Waals surface area contributed by atoms with Gasteiger partial charge in [0.1, 0.15) is 17.7 Å². The quantitative estimate of drug-likeness (QED) is 0.245. The number of nitrogens with zero attached hydrogens (tertiary/aromatic N) is 3. The molecule has 0 spiro atoms. The van der Waals surface area contributed by atoms with Gasteiger partial charge >= 0.3 is 0 Å². The number of nitrogens with one attached hydrogen (secondary N) is 2. The molecule has 3 aromatic rings. The molecule has 0 radical (unpaired) electrons. The number of halogens is 2. The first-order valence-corrected chi connectivity index (χ1v) is 14.3. The number of likely N-dealkylation sites (N-methyl/N-ethyl adjacent to an activating group) is 1. The lowest BCUT2D eigenvalue weighted by molar-refractivity contribution is -0.384. The molecular weight excluding hydrogens is 556 g/mol. The first kappa shape index (κ1) is 31.7. The van der Waals surface area contributed by atoms with Gasteiger partial charge in [-0.05, 0) is 79.8 Å². The lowest BCUT2D eigenvalue weighted by atomic mass is 9.87. The van der Waals surface area contributed by atoms with Gasteiger partial charge in [0.05, 0.1) is 11.5 Å². The van der Waals surface area contributed by atoms with Crippen molar-refractivity contribution in [2.75, 3.05) is 45.1 Å². The molecule has 228 valence electrons.